The van der Waals surface area contributed by atoms with Gasteiger partial charge in [-0.15, -0.1) is 0 Å². The maximum absolute atomic E-state index is 12.6. The molecule has 1 atom stereocenters. The summed E-state index contributed by atoms with van der Waals surface area (Å²) >= 11 is 0. The molecule has 1 aromatic rings. The minimum Gasteiger partial charge on any atom is -0.380 e. The van der Waals surface area contributed by atoms with Gasteiger partial charge in [-0.3, -0.25) is 11.3 Å². The number of hydrogen-bond acceptors (Lipinski definition) is 3. The summed E-state index contributed by atoms with van der Waals surface area (Å²) in [7, 11) is 0. The van der Waals surface area contributed by atoms with Crippen molar-refractivity contribution in [2.75, 3.05) is 13.2 Å². The van der Waals surface area contributed by atoms with Crippen LogP contribution in [0.1, 0.15) is 12.5 Å². The molecule has 0 aliphatic heterocycles. The fourth-order valence-corrected chi connectivity index (χ4v) is 1.33. The van der Waals surface area contributed by atoms with E-state index in [0.717, 1.165) is 12.0 Å². The van der Waals surface area contributed by atoms with Gasteiger partial charge in [0.2, 0.25) is 0 Å². The highest BCUT2D eigenvalue weighted by molar-refractivity contribution is 5.17. The SMILES string of the molecule is CCOCC(Cc1ccc(F)cc1)NN. The number of hydrogen-bond donors (Lipinski definition) is 2. The highest BCUT2D eigenvalue weighted by Gasteiger charge is 2.07. The first-order valence-corrected chi connectivity index (χ1v) is 5.04. The zero-order chi connectivity index (χ0) is 11.1. The second-order valence-electron chi connectivity index (χ2n) is 3.35. The quantitative estimate of drug-likeness (QED) is 0.551. The number of nitrogens with two attached hydrogens (primary N) is 1. The molecule has 1 rings (SSSR count). The van der Waals surface area contributed by atoms with Crippen LogP contribution in [0.25, 0.3) is 0 Å². The van der Waals surface area contributed by atoms with E-state index in [1.165, 1.54) is 12.1 Å². The zero-order valence-electron chi connectivity index (χ0n) is 8.87. The molecule has 15 heavy (non-hydrogen) atoms. The molecular formula is C11H17FN2O. The zero-order valence-corrected chi connectivity index (χ0v) is 8.87. The molecular weight excluding hydrogens is 195 g/mol. The van der Waals surface area contributed by atoms with Crippen molar-refractivity contribution in [2.45, 2.75) is 19.4 Å². The van der Waals surface area contributed by atoms with Crippen LogP contribution in [-0.2, 0) is 11.2 Å². The van der Waals surface area contributed by atoms with E-state index < -0.39 is 0 Å². The summed E-state index contributed by atoms with van der Waals surface area (Å²) in [4.78, 5) is 0. The van der Waals surface area contributed by atoms with Crippen molar-refractivity contribution in [3.63, 3.8) is 0 Å². The van der Waals surface area contributed by atoms with Gasteiger partial charge < -0.3 is 4.74 Å². The lowest BCUT2D eigenvalue weighted by Gasteiger charge is -2.15. The Kier molecular flexibility index (Phi) is 5.25. The Morgan fingerprint density at radius 1 is 1.40 bits per heavy atom. The lowest BCUT2D eigenvalue weighted by Crippen LogP contribution is -2.40. The third-order valence-corrected chi connectivity index (χ3v) is 2.15. The second kappa shape index (κ2) is 6.50. The Morgan fingerprint density at radius 3 is 2.60 bits per heavy atom. The van der Waals surface area contributed by atoms with Crippen LogP contribution in [0, 0.1) is 5.82 Å². The molecule has 1 aromatic carbocycles. The predicted molar refractivity (Wildman–Crippen MR) is 57.7 cm³/mol. The van der Waals surface area contributed by atoms with Crippen LogP contribution in [0.3, 0.4) is 0 Å². The molecule has 0 amide bonds. The van der Waals surface area contributed by atoms with Gasteiger partial charge in [-0.2, -0.15) is 0 Å². The molecule has 0 fully saturated rings. The lowest BCUT2D eigenvalue weighted by molar-refractivity contribution is 0.123. The molecule has 0 saturated heterocycles. The van der Waals surface area contributed by atoms with Crippen LogP contribution in [-0.4, -0.2) is 19.3 Å². The molecule has 1 unspecified atom stereocenters. The van der Waals surface area contributed by atoms with Crippen LogP contribution in [0.5, 0.6) is 0 Å². The van der Waals surface area contributed by atoms with Crippen LogP contribution in [0.2, 0.25) is 0 Å². The van der Waals surface area contributed by atoms with Crippen molar-refractivity contribution in [2.24, 2.45) is 5.84 Å². The van der Waals surface area contributed by atoms with Crippen molar-refractivity contribution >= 4 is 0 Å². The van der Waals surface area contributed by atoms with Crippen LogP contribution in [0.4, 0.5) is 4.39 Å². The molecule has 84 valence electrons. The average molecular weight is 212 g/mol. The smallest absolute Gasteiger partial charge is 0.123 e. The third kappa shape index (κ3) is 4.38. The normalized spacial score (nSPS) is 12.7. The Hall–Kier alpha value is -0.970. The van der Waals surface area contributed by atoms with E-state index in [1.807, 2.05) is 6.92 Å². The van der Waals surface area contributed by atoms with E-state index in [9.17, 15) is 4.39 Å². The molecule has 3 nitrogen and oxygen atoms in total. The van der Waals surface area contributed by atoms with Gasteiger partial charge in [-0.05, 0) is 31.0 Å². The molecule has 0 radical (unpaired) electrons. The van der Waals surface area contributed by atoms with Gasteiger partial charge >= 0.3 is 0 Å². The standard InChI is InChI=1S/C11H17FN2O/c1-2-15-8-11(14-13)7-9-3-5-10(12)6-4-9/h3-6,11,14H,2,7-8,13H2,1H3. The highest BCUT2D eigenvalue weighted by atomic mass is 19.1. The number of ether oxygens (including phenoxy) is 1. The first-order chi connectivity index (χ1) is 7.26. The van der Waals surface area contributed by atoms with Crippen LogP contribution < -0.4 is 11.3 Å². The first kappa shape index (κ1) is 12.1. The largest absolute Gasteiger partial charge is 0.380 e. The topological polar surface area (TPSA) is 47.3 Å². The minimum atomic E-state index is -0.221. The molecule has 0 bridgehead atoms. The Labute approximate surface area is 89.4 Å². The fraction of sp³-hybridized carbons (Fsp3) is 0.455. The van der Waals surface area contributed by atoms with Gasteiger partial charge in [0.05, 0.1) is 6.61 Å². The number of nitrogens with one attached hydrogen (secondary N) is 1. The van der Waals surface area contributed by atoms with Gasteiger partial charge in [-0.1, -0.05) is 12.1 Å². The molecule has 0 heterocycles. The molecule has 3 N–H and O–H groups in total. The minimum absolute atomic E-state index is 0.0652. The van der Waals surface area contributed by atoms with E-state index in [1.54, 1.807) is 12.1 Å². The monoisotopic (exact) mass is 212 g/mol. The van der Waals surface area contributed by atoms with Crippen molar-refractivity contribution < 1.29 is 9.13 Å². The maximum atomic E-state index is 12.6. The molecule has 0 spiro atoms. The molecule has 0 aliphatic carbocycles. The van der Waals surface area contributed by atoms with Gasteiger partial charge in [-0.25, -0.2) is 4.39 Å². The lowest BCUT2D eigenvalue weighted by atomic mass is 10.1. The highest BCUT2D eigenvalue weighted by Crippen LogP contribution is 2.05. The second-order valence-corrected chi connectivity index (χ2v) is 3.35. The van der Waals surface area contributed by atoms with Crippen molar-refractivity contribution in [3.8, 4) is 0 Å². The summed E-state index contributed by atoms with van der Waals surface area (Å²) in [5, 5.41) is 0. The summed E-state index contributed by atoms with van der Waals surface area (Å²) in [5.41, 5.74) is 3.72. The molecule has 0 aromatic heterocycles. The van der Waals surface area contributed by atoms with Gasteiger partial charge in [0, 0.05) is 12.6 Å². The maximum Gasteiger partial charge on any atom is 0.123 e. The number of rotatable bonds is 6. The predicted octanol–water partition coefficient (Wildman–Crippen LogP) is 1.24. The van der Waals surface area contributed by atoms with E-state index >= 15 is 0 Å². The Morgan fingerprint density at radius 2 is 2.07 bits per heavy atom. The van der Waals surface area contributed by atoms with Crippen LogP contribution >= 0.6 is 0 Å². The first-order valence-electron chi connectivity index (χ1n) is 5.04. The third-order valence-electron chi connectivity index (χ3n) is 2.15. The van der Waals surface area contributed by atoms with Gasteiger partial charge in [0.1, 0.15) is 5.82 Å². The number of benzene rings is 1. The summed E-state index contributed by atoms with van der Waals surface area (Å²) in [6.07, 6.45) is 0.733. The summed E-state index contributed by atoms with van der Waals surface area (Å²) in [5.74, 6) is 5.17. The van der Waals surface area contributed by atoms with E-state index in [0.29, 0.717) is 13.2 Å². The van der Waals surface area contributed by atoms with Crippen molar-refractivity contribution in [1.29, 1.82) is 0 Å². The molecule has 0 aliphatic rings. The van der Waals surface area contributed by atoms with Crippen LogP contribution in [0.15, 0.2) is 24.3 Å². The van der Waals surface area contributed by atoms with E-state index in [-0.39, 0.29) is 11.9 Å². The summed E-state index contributed by atoms with van der Waals surface area (Å²) < 4.78 is 17.9. The number of hydrazine groups is 1. The van der Waals surface area contributed by atoms with Gasteiger partial charge in [0.25, 0.3) is 0 Å². The van der Waals surface area contributed by atoms with Gasteiger partial charge in [0.15, 0.2) is 0 Å². The average Bonchev–Trinajstić information content (AvgIpc) is 2.27. The fourth-order valence-electron chi connectivity index (χ4n) is 1.33. The van der Waals surface area contributed by atoms with Crippen molar-refractivity contribution in [1.82, 2.24) is 5.43 Å². The summed E-state index contributed by atoms with van der Waals surface area (Å²) in [6, 6.07) is 6.47. The number of halogens is 1. The Balaban J connectivity index is 2.47. The van der Waals surface area contributed by atoms with E-state index in [4.69, 9.17) is 10.6 Å². The molecule has 4 heteroatoms. The van der Waals surface area contributed by atoms with E-state index in [2.05, 4.69) is 5.43 Å². The Bertz CT molecular complexity index is 276. The van der Waals surface area contributed by atoms with Crippen molar-refractivity contribution in [3.05, 3.63) is 35.6 Å². The molecule has 0 saturated carbocycles. The summed E-state index contributed by atoms with van der Waals surface area (Å²) in [6.45, 7) is 3.16.